The average Bonchev–Trinajstić information content (AvgIpc) is 2.43. The molecule has 0 aliphatic heterocycles. The SMILES string of the molecule is C=C(C)NC(=C)N=C(C(=C)C(C)=C(C)C)c1ccc(Cl)cc1. The zero-order valence-corrected chi connectivity index (χ0v) is 14.5. The first-order valence-electron chi connectivity index (χ1n) is 7.02. The molecule has 0 bridgehead atoms. The van der Waals surface area contributed by atoms with Gasteiger partial charge in [0, 0.05) is 16.3 Å². The zero-order chi connectivity index (χ0) is 16.9. The van der Waals surface area contributed by atoms with E-state index in [2.05, 4.69) is 43.9 Å². The molecule has 3 heteroatoms. The summed E-state index contributed by atoms with van der Waals surface area (Å²) in [6, 6.07) is 7.54. The van der Waals surface area contributed by atoms with E-state index in [1.165, 1.54) is 5.57 Å². The van der Waals surface area contributed by atoms with E-state index in [9.17, 15) is 0 Å². The Balaban J connectivity index is 3.33. The molecule has 0 saturated carbocycles. The van der Waals surface area contributed by atoms with Gasteiger partial charge in [0.2, 0.25) is 0 Å². The van der Waals surface area contributed by atoms with Crippen molar-refractivity contribution in [2.24, 2.45) is 4.99 Å². The van der Waals surface area contributed by atoms with Gasteiger partial charge in [0.25, 0.3) is 0 Å². The highest BCUT2D eigenvalue weighted by atomic mass is 35.5. The number of halogens is 1. The standard InChI is InChI=1S/C19H23ClN2/c1-12(2)14(5)15(6)19(22-16(7)21-13(3)4)17-8-10-18(20)11-9-17/h8-11,21H,3,6-7H2,1-2,4-5H3. The Labute approximate surface area is 138 Å². The maximum absolute atomic E-state index is 5.97. The maximum Gasteiger partial charge on any atom is 0.123 e. The van der Waals surface area contributed by atoms with E-state index in [1.807, 2.05) is 38.1 Å². The number of benzene rings is 1. The lowest BCUT2D eigenvalue weighted by Gasteiger charge is -2.14. The molecule has 0 atom stereocenters. The third kappa shape index (κ3) is 5.05. The van der Waals surface area contributed by atoms with Crippen LogP contribution in [0.25, 0.3) is 0 Å². The summed E-state index contributed by atoms with van der Waals surface area (Å²) in [6.07, 6.45) is 0. The van der Waals surface area contributed by atoms with Crippen LogP contribution in [0.3, 0.4) is 0 Å². The van der Waals surface area contributed by atoms with Crippen molar-refractivity contribution in [1.29, 1.82) is 0 Å². The number of nitrogens with zero attached hydrogens (tertiary/aromatic N) is 1. The van der Waals surface area contributed by atoms with Crippen LogP contribution in [0.4, 0.5) is 0 Å². The van der Waals surface area contributed by atoms with Crippen LogP contribution in [0, 0.1) is 0 Å². The van der Waals surface area contributed by atoms with Crippen LogP contribution in [-0.4, -0.2) is 5.71 Å². The molecule has 0 fully saturated rings. The lowest BCUT2D eigenvalue weighted by Crippen LogP contribution is -2.12. The first kappa shape index (κ1) is 18.0. The van der Waals surface area contributed by atoms with Gasteiger partial charge in [0.1, 0.15) is 5.82 Å². The van der Waals surface area contributed by atoms with Gasteiger partial charge in [-0.1, -0.05) is 49.0 Å². The summed E-state index contributed by atoms with van der Waals surface area (Å²) in [7, 11) is 0. The minimum absolute atomic E-state index is 0.528. The van der Waals surface area contributed by atoms with Crippen molar-refractivity contribution in [1.82, 2.24) is 5.32 Å². The molecule has 0 amide bonds. The van der Waals surface area contributed by atoms with Gasteiger partial charge in [0.05, 0.1) is 5.71 Å². The average molecular weight is 315 g/mol. The lowest BCUT2D eigenvalue weighted by atomic mass is 9.95. The number of rotatable bonds is 6. The molecule has 1 rings (SSSR count). The Morgan fingerprint density at radius 1 is 1.00 bits per heavy atom. The molecule has 0 heterocycles. The van der Waals surface area contributed by atoms with Crippen LogP contribution >= 0.6 is 11.6 Å². The van der Waals surface area contributed by atoms with E-state index in [1.54, 1.807) is 0 Å². The van der Waals surface area contributed by atoms with Gasteiger partial charge >= 0.3 is 0 Å². The number of nitrogens with one attached hydrogen (secondary N) is 1. The molecule has 22 heavy (non-hydrogen) atoms. The highest BCUT2D eigenvalue weighted by Gasteiger charge is 2.11. The fraction of sp³-hybridized carbons (Fsp3) is 0.211. The normalized spacial score (nSPS) is 10.9. The Morgan fingerprint density at radius 2 is 1.55 bits per heavy atom. The molecule has 0 unspecified atom stereocenters. The summed E-state index contributed by atoms with van der Waals surface area (Å²) in [5.41, 5.74) is 5.68. The smallest absolute Gasteiger partial charge is 0.123 e. The molecule has 0 saturated heterocycles. The van der Waals surface area contributed by atoms with Crippen LogP contribution in [0.5, 0.6) is 0 Å². The molecular formula is C19H23ClN2. The molecule has 1 N–H and O–H groups in total. The highest BCUT2D eigenvalue weighted by Crippen LogP contribution is 2.21. The molecule has 0 aliphatic carbocycles. The summed E-state index contributed by atoms with van der Waals surface area (Å²) < 4.78 is 0. The van der Waals surface area contributed by atoms with E-state index in [0.717, 1.165) is 28.1 Å². The van der Waals surface area contributed by atoms with E-state index < -0.39 is 0 Å². The van der Waals surface area contributed by atoms with Crippen molar-refractivity contribution >= 4 is 17.3 Å². The molecule has 1 aromatic carbocycles. The van der Waals surface area contributed by atoms with Gasteiger partial charge < -0.3 is 5.32 Å². The second kappa shape index (κ2) is 7.81. The Morgan fingerprint density at radius 3 is 2.00 bits per heavy atom. The number of allylic oxidation sites excluding steroid dienone is 4. The molecule has 116 valence electrons. The van der Waals surface area contributed by atoms with Crippen LogP contribution < -0.4 is 5.32 Å². The quantitative estimate of drug-likeness (QED) is 0.533. The molecule has 0 spiro atoms. The van der Waals surface area contributed by atoms with Gasteiger partial charge in [-0.3, -0.25) is 0 Å². The first-order valence-corrected chi connectivity index (χ1v) is 7.40. The topological polar surface area (TPSA) is 24.4 Å². The summed E-state index contributed by atoms with van der Waals surface area (Å²) >= 11 is 5.97. The summed E-state index contributed by atoms with van der Waals surface area (Å²) in [5.74, 6) is 0.528. The first-order chi connectivity index (χ1) is 10.2. The van der Waals surface area contributed by atoms with Crippen molar-refractivity contribution in [3.8, 4) is 0 Å². The van der Waals surface area contributed by atoms with E-state index in [0.29, 0.717) is 10.8 Å². The summed E-state index contributed by atoms with van der Waals surface area (Å²) in [5, 5.41) is 3.70. The van der Waals surface area contributed by atoms with Crippen LogP contribution in [-0.2, 0) is 0 Å². The minimum atomic E-state index is 0.528. The third-order valence-electron chi connectivity index (χ3n) is 3.21. The fourth-order valence-corrected chi connectivity index (χ4v) is 1.93. The van der Waals surface area contributed by atoms with Crippen molar-refractivity contribution in [3.63, 3.8) is 0 Å². The number of aliphatic imine (C=N–C) groups is 1. The highest BCUT2D eigenvalue weighted by molar-refractivity contribution is 6.30. The molecular weight excluding hydrogens is 292 g/mol. The van der Waals surface area contributed by atoms with E-state index >= 15 is 0 Å². The second-order valence-corrected chi connectivity index (χ2v) is 5.86. The third-order valence-corrected chi connectivity index (χ3v) is 3.46. The molecule has 1 aromatic rings. The van der Waals surface area contributed by atoms with Crippen molar-refractivity contribution in [3.05, 3.63) is 82.8 Å². The van der Waals surface area contributed by atoms with Crippen LogP contribution in [0.1, 0.15) is 33.3 Å². The number of hydrogen-bond acceptors (Lipinski definition) is 2. The predicted octanol–water partition coefficient (Wildman–Crippen LogP) is 5.64. The Hall–Kier alpha value is -2.06. The van der Waals surface area contributed by atoms with Gasteiger partial charge in [0.15, 0.2) is 0 Å². The second-order valence-electron chi connectivity index (χ2n) is 5.42. The predicted molar refractivity (Wildman–Crippen MR) is 98.3 cm³/mol. The van der Waals surface area contributed by atoms with E-state index in [4.69, 9.17) is 11.6 Å². The summed E-state index contributed by atoms with van der Waals surface area (Å²) in [6.45, 7) is 19.9. The van der Waals surface area contributed by atoms with Crippen LogP contribution in [0.15, 0.2) is 77.2 Å². The molecule has 0 radical (unpaired) electrons. The minimum Gasteiger partial charge on any atom is -0.345 e. The van der Waals surface area contributed by atoms with Gasteiger partial charge in [-0.15, -0.1) is 0 Å². The van der Waals surface area contributed by atoms with Gasteiger partial charge in [-0.2, -0.15) is 0 Å². The number of hydrogen-bond donors (Lipinski definition) is 1. The summed E-state index contributed by atoms with van der Waals surface area (Å²) in [4.78, 5) is 4.59. The molecule has 0 aromatic heterocycles. The fourth-order valence-electron chi connectivity index (χ4n) is 1.80. The van der Waals surface area contributed by atoms with Crippen molar-refractivity contribution < 1.29 is 0 Å². The largest absolute Gasteiger partial charge is 0.345 e. The van der Waals surface area contributed by atoms with E-state index in [-0.39, 0.29) is 0 Å². The zero-order valence-electron chi connectivity index (χ0n) is 13.8. The molecule has 0 aliphatic rings. The maximum atomic E-state index is 5.97. The Bertz CT molecular complexity index is 657. The Kier molecular flexibility index (Phi) is 6.39. The lowest BCUT2D eigenvalue weighted by molar-refractivity contribution is 0.960. The van der Waals surface area contributed by atoms with Crippen LogP contribution in [0.2, 0.25) is 5.02 Å². The van der Waals surface area contributed by atoms with Crippen molar-refractivity contribution in [2.75, 3.05) is 0 Å². The monoisotopic (exact) mass is 314 g/mol. The molecule has 2 nitrogen and oxygen atoms in total. The van der Waals surface area contributed by atoms with Gasteiger partial charge in [-0.05, 0) is 51.0 Å². The van der Waals surface area contributed by atoms with Gasteiger partial charge in [-0.25, -0.2) is 4.99 Å². The van der Waals surface area contributed by atoms with Crippen molar-refractivity contribution in [2.45, 2.75) is 27.7 Å².